The third kappa shape index (κ3) is 5.92. The maximum Gasteiger partial charge on any atom is 0.164 e. The van der Waals surface area contributed by atoms with Crippen LogP contribution in [0, 0.1) is 0 Å². The largest absolute Gasteiger partial charge is 0.309 e. The lowest BCUT2D eigenvalue weighted by Gasteiger charge is -2.23. The Morgan fingerprint density at radius 2 is 0.548 bits per heavy atom. The van der Waals surface area contributed by atoms with Gasteiger partial charge in [-0.3, -0.25) is 0 Å². The van der Waals surface area contributed by atoms with Crippen LogP contribution in [0.2, 0.25) is 0 Å². The molecule has 6 aromatic carbocycles. The molecule has 0 fully saturated rings. The first-order chi connectivity index (χ1) is 20.6. The lowest BCUT2D eigenvalue weighted by Crippen LogP contribution is -2.17. The minimum Gasteiger partial charge on any atom is -0.309 e. The van der Waals surface area contributed by atoms with Crippen molar-refractivity contribution >= 4 is 62.0 Å². The van der Waals surface area contributed by atoms with Gasteiger partial charge in [0.05, 0.1) is 0 Å². The lowest BCUT2D eigenvalue weighted by molar-refractivity contribution is 0.594. The number of hydrogen-bond acceptors (Lipinski definition) is 2. The molecule has 0 aliphatic carbocycles. The highest BCUT2D eigenvalue weighted by atomic mass is 32.1. The minimum atomic E-state index is -2.97. The molecule has 0 spiro atoms. The molecule has 6 heteroatoms. The molecule has 0 saturated heterocycles. The fourth-order valence-electron chi connectivity index (χ4n) is 5.08. The van der Waals surface area contributed by atoms with Gasteiger partial charge in [-0.1, -0.05) is 170 Å². The molecule has 0 N–H and O–H groups in total. The highest BCUT2D eigenvalue weighted by molar-refractivity contribution is 8.35. The maximum atomic E-state index is 15.0. The summed E-state index contributed by atoms with van der Waals surface area (Å²) in [5.74, 6) is 0. The van der Waals surface area contributed by atoms with Gasteiger partial charge in [0.2, 0.25) is 0 Å². The summed E-state index contributed by atoms with van der Waals surface area (Å²) >= 11 is 0. The van der Waals surface area contributed by atoms with Gasteiger partial charge in [0, 0.05) is 21.2 Å². The molecule has 0 saturated carbocycles. The molecule has 0 aromatic heterocycles. The molecule has 42 heavy (non-hydrogen) atoms. The van der Waals surface area contributed by atoms with Crippen molar-refractivity contribution < 1.29 is 9.13 Å². The summed E-state index contributed by atoms with van der Waals surface area (Å²) in [5, 5.41) is 5.52. The van der Waals surface area contributed by atoms with E-state index in [1.807, 2.05) is 146 Å². The third-order valence-electron chi connectivity index (χ3n) is 7.18. The van der Waals surface area contributed by atoms with Crippen LogP contribution in [0.4, 0.5) is 0 Å². The topological polar surface area (TPSA) is 34.1 Å². The molecule has 6 rings (SSSR count). The van der Waals surface area contributed by atoms with E-state index >= 15 is 9.13 Å². The summed E-state index contributed by atoms with van der Waals surface area (Å²) < 4.78 is 30.0. The summed E-state index contributed by atoms with van der Waals surface area (Å²) in [6, 6.07) is 55.9. The molecule has 2 atom stereocenters. The first kappa shape index (κ1) is 28.7. The Bertz CT molecular complexity index is 1650. The van der Waals surface area contributed by atoms with Crippen LogP contribution >= 0.6 is 30.2 Å². The van der Waals surface area contributed by atoms with Crippen LogP contribution in [0.15, 0.2) is 170 Å². The average molecular weight is 619 g/mol. The number of rotatable bonds is 9. The SMILES string of the molecule is O=P(Pc1ccccc1-c1ccccc1PP(=O)(c1ccccc1)c1ccccc1)(c1ccccc1)c1ccccc1. The van der Waals surface area contributed by atoms with Gasteiger partial charge in [-0.05, 0) is 38.3 Å². The molecule has 6 aromatic rings. The quantitative estimate of drug-likeness (QED) is 0.155. The van der Waals surface area contributed by atoms with Crippen LogP contribution in [-0.2, 0) is 9.13 Å². The van der Waals surface area contributed by atoms with Crippen molar-refractivity contribution in [1.29, 1.82) is 0 Å². The van der Waals surface area contributed by atoms with Crippen molar-refractivity contribution in [1.82, 2.24) is 0 Å². The summed E-state index contributed by atoms with van der Waals surface area (Å²) in [6.45, 7) is -5.94. The Kier molecular flexibility index (Phi) is 8.81. The lowest BCUT2D eigenvalue weighted by atomic mass is 10.1. The molecule has 0 heterocycles. The molecule has 0 radical (unpaired) electrons. The molecule has 2 unspecified atom stereocenters. The van der Waals surface area contributed by atoms with E-state index in [9.17, 15) is 0 Å². The van der Waals surface area contributed by atoms with Crippen LogP contribution in [0.3, 0.4) is 0 Å². The first-order valence-corrected chi connectivity index (χ1v) is 20.9. The van der Waals surface area contributed by atoms with E-state index in [-0.39, 0.29) is 16.5 Å². The van der Waals surface area contributed by atoms with E-state index in [1.165, 1.54) is 0 Å². The van der Waals surface area contributed by atoms with Gasteiger partial charge < -0.3 is 9.13 Å². The van der Waals surface area contributed by atoms with Crippen molar-refractivity contribution in [3.05, 3.63) is 170 Å². The van der Waals surface area contributed by atoms with Crippen LogP contribution in [0.5, 0.6) is 0 Å². The zero-order chi connectivity index (χ0) is 28.8. The van der Waals surface area contributed by atoms with Crippen LogP contribution < -0.4 is 31.8 Å². The molecular weight excluding hydrogens is 588 g/mol. The van der Waals surface area contributed by atoms with E-state index < -0.39 is 13.7 Å². The van der Waals surface area contributed by atoms with Gasteiger partial charge in [0.15, 0.2) is 13.7 Å². The molecular formula is C36H30O2P4. The monoisotopic (exact) mass is 618 g/mol. The van der Waals surface area contributed by atoms with E-state index in [1.54, 1.807) is 0 Å². The van der Waals surface area contributed by atoms with E-state index in [4.69, 9.17) is 0 Å². The second-order valence-electron chi connectivity index (χ2n) is 9.88. The Morgan fingerprint density at radius 3 is 0.833 bits per heavy atom. The second kappa shape index (κ2) is 12.9. The molecule has 0 bridgehead atoms. The Morgan fingerprint density at radius 1 is 0.310 bits per heavy atom. The first-order valence-electron chi connectivity index (χ1n) is 13.8. The van der Waals surface area contributed by atoms with E-state index in [0.717, 1.165) is 43.0 Å². The van der Waals surface area contributed by atoms with Crippen molar-refractivity contribution in [2.24, 2.45) is 0 Å². The maximum absolute atomic E-state index is 15.0. The fourth-order valence-corrected chi connectivity index (χ4v) is 16.8. The second-order valence-corrected chi connectivity index (χ2v) is 21.0. The van der Waals surface area contributed by atoms with Gasteiger partial charge in [-0.2, -0.15) is 0 Å². The highest BCUT2D eigenvalue weighted by Gasteiger charge is 2.31. The van der Waals surface area contributed by atoms with Crippen molar-refractivity contribution in [3.8, 4) is 11.1 Å². The number of hydrogen-bond donors (Lipinski definition) is 0. The van der Waals surface area contributed by atoms with Gasteiger partial charge in [0.25, 0.3) is 0 Å². The van der Waals surface area contributed by atoms with Crippen molar-refractivity contribution in [2.45, 2.75) is 0 Å². The Labute approximate surface area is 251 Å². The Hall–Kier alpha value is -3.36. The summed E-state index contributed by atoms with van der Waals surface area (Å²) in [7, 11) is 0.0950. The van der Waals surface area contributed by atoms with Crippen LogP contribution in [0.1, 0.15) is 0 Å². The zero-order valence-corrected chi connectivity index (χ0v) is 26.7. The Balaban J connectivity index is 1.46. The molecule has 2 nitrogen and oxygen atoms in total. The minimum absolute atomic E-state index is 0.0475. The van der Waals surface area contributed by atoms with Crippen LogP contribution in [-0.4, -0.2) is 0 Å². The molecule has 0 aliphatic heterocycles. The highest BCUT2D eigenvalue weighted by Crippen LogP contribution is 2.63. The summed E-state index contributed by atoms with van der Waals surface area (Å²) in [4.78, 5) is 0. The standard InChI is InChI=1S/C36H30O2P4/c37-41(29-17-5-1-6-18-29,30-19-7-2-8-20-30)39-35-27-15-13-25-33(35)34-26-14-16-28-36(34)40-42(38,31-21-9-3-10-22-31)32-23-11-4-12-24-32/h1-28,39-40H. The molecule has 0 amide bonds. The van der Waals surface area contributed by atoms with Crippen LogP contribution in [0.25, 0.3) is 11.1 Å². The van der Waals surface area contributed by atoms with Gasteiger partial charge in [-0.15, -0.1) is 0 Å². The normalized spacial score (nSPS) is 12.3. The zero-order valence-electron chi connectivity index (χ0n) is 22.9. The molecule has 206 valence electrons. The van der Waals surface area contributed by atoms with Crippen molar-refractivity contribution in [2.75, 3.05) is 0 Å². The van der Waals surface area contributed by atoms with E-state index in [2.05, 4.69) is 24.3 Å². The summed E-state index contributed by atoms with van der Waals surface area (Å²) in [6.07, 6.45) is 0. The predicted octanol–water partition coefficient (Wildman–Crippen LogP) is 7.82. The smallest absolute Gasteiger partial charge is 0.164 e. The van der Waals surface area contributed by atoms with E-state index in [0.29, 0.717) is 0 Å². The fraction of sp³-hybridized carbons (Fsp3) is 0. The average Bonchev–Trinajstić information content (AvgIpc) is 3.07. The van der Waals surface area contributed by atoms with Gasteiger partial charge in [0.1, 0.15) is 0 Å². The van der Waals surface area contributed by atoms with Gasteiger partial charge >= 0.3 is 0 Å². The predicted molar refractivity (Wildman–Crippen MR) is 187 cm³/mol. The van der Waals surface area contributed by atoms with Gasteiger partial charge in [-0.25, -0.2) is 0 Å². The number of benzene rings is 6. The third-order valence-corrected chi connectivity index (χ3v) is 19.7. The summed E-state index contributed by atoms with van der Waals surface area (Å²) in [5.41, 5.74) is 2.08. The molecule has 0 aliphatic rings. The van der Waals surface area contributed by atoms with Crippen molar-refractivity contribution in [3.63, 3.8) is 0 Å².